The number of aliphatic hydroxyl groups is 3. The van der Waals surface area contributed by atoms with Gasteiger partial charge in [0.1, 0.15) is 0 Å². The van der Waals surface area contributed by atoms with Crippen molar-refractivity contribution in [2.24, 2.45) is 69.5 Å². The summed E-state index contributed by atoms with van der Waals surface area (Å²) in [4.78, 5) is 2.75. The van der Waals surface area contributed by atoms with Crippen molar-refractivity contribution < 1.29 is 15.3 Å². The maximum atomic E-state index is 12.4. The summed E-state index contributed by atoms with van der Waals surface area (Å²) >= 11 is 0. The van der Waals surface area contributed by atoms with Gasteiger partial charge in [-0.1, -0.05) is 76.1 Å². The van der Waals surface area contributed by atoms with Gasteiger partial charge < -0.3 is 15.3 Å². The van der Waals surface area contributed by atoms with Gasteiger partial charge in [-0.3, -0.25) is 4.90 Å². The van der Waals surface area contributed by atoms with Crippen LogP contribution in [0.1, 0.15) is 148 Å². The van der Waals surface area contributed by atoms with Crippen LogP contribution < -0.4 is 0 Å². The largest absolute Gasteiger partial charge is 0.393 e. The number of rotatable bonds is 6. The summed E-state index contributed by atoms with van der Waals surface area (Å²) in [7, 11) is 0. The first-order valence-corrected chi connectivity index (χ1v) is 24.6. The SMILES string of the molecule is CC(C)CC[C@H](C[C@H]1CC[C@@]2(C1)C[C@]13CCC[C@]4(C[C@H](O)[C@H]1C[C@H]2O)[C@H]3C[C@@H]1[C@@H]2CN3C[C@H](C)CC[C@@H]3[C@@](C)(O)[C@@H]2CC[C@@H]14)c1ccc2cc3ccccc3cc2c1. The van der Waals surface area contributed by atoms with E-state index in [4.69, 9.17) is 0 Å². The van der Waals surface area contributed by atoms with Crippen LogP contribution in [0.15, 0.2) is 54.6 Å². The molecule has 0 radical (unpaired) electrons. The zero-order valence-corrected chi connectivity index (χ0v) is 36.4. The van der Waals surface area contributed by atoms with Crippen molar-refractivity contribution in [1.29, 1.82) is 0 Å². The molecule has 0 unspecified atom stereocenters. The number of aliphatic hydroxyl groups excluding tert-OH is 2. The van der Waals surface area contributed by atoms with Crippen LogP contribution in [-0.4, -0.2) is 57.2 Å². The lowest BCUT2D eigenvalue weighted by Gasteiger charge is -2.68. The smallest absolute Gasteiger partial charge is 0.0805 e. The molecule has 0 amide bonds. The average Bonchev–Trinajstić information content (AvgIpc) is 3.76. The van der Waals surface area contributed by atoms with Gasteiger partial charge >= 0.3 is 0 Å². The van der Waals surface area contributed by atoms with E-state index in [1.165, 1.54) is 117 Å². The topological polar surface area (TPSA) is 63.9 Å². The van der Waals surface area contributed by atoms with Gasteiger partial charge in [0.05, 0.1) is 17.8 Å². The maximum absolute atomic E-state index is 12.4. The predicted molar refractivity (Wildman–Crippen MR) is 236 cm³/mol. The zero-order chi connectivity index (χ0) is 39.8. The predicted octanol–water partition coefficient (Wildman–Crippen LogP) is 11.5. The summed E-state index contributed by atoms with van der Waals surface area (Å²) in [6.07, 6.45) is 19.7. The van der Waals surface area contributed by atoms with Crippen LogP contribution in [0.25, 0.3) is 21.5 Å². The lowest BCUT2D eigenvalue weighted by molar-refractivity contribution is -0.231. The minimum Gasteiger partial charge on any atom is -0.393 e. The van der Waals surface area contributed by atoms with Crippen LogP contribution in [-0.2, 0) is 0 Å². The van der Waals surface area contributed by atoms with E-state index in [1.807, 2.05) is 0 Å². The molecule has 3 aromatic rings. The Morgan fingerprint density at radius 3 is 2.31 bits per heavy atom. The molecular formula is C54H75NO3. The molecule has 314 valence electrons. The Hall–Kier alpha value is -1.98. The van der Waals surface area contributed by atoms with Crippen LogP contribution in [0.3, 0.4) is 0 Å². The number of benzene rings is 3. The molecule has 2 bridgehead atoms. The van der Waals surface area contributed by atoms with E-state index in [9.17, 15) is 15.3 Å². The summed E-state index contributed by atoms with van der Waals surface area (Å²) in [6.45, 7) is 11.8. The molecule has 6 aliphatic carbocycles. The van der Waals surface area contributed by atoms with E-state index in [1.54, 1.807) is 0 Å². The highest BCUT2D eigenvalue weighted by atomic mass is 16.3. The second-order valence-electron chi connectivity index (χ2n) is 23.6. The summed E-state index contributed by atoms with van der Waals surface area (Å²) < 4.78 is 0. The number of nitrogens with zero attached hydrogens (tertiary/aromatic N) is 1. The molecule has 3 N–H and O–H groups in total. The molecule has 4 nitrogen and oxygen atoms in total. The average molecular weight is 786 g/mol. The molecule has 16 atom stereocenters. The fourth-order valence-electron chi connectivity index (χ4n) is 18.2. The van der Waals surface area contributed by atoms with Crippen molar-refractivity contribution in [3.8, 4) is 0 Å². The van der Waals surface area contributed by atoms with Gasteiger partial charge in [0.25, 0.3) is 0 Å². The van der Waals surface area contributed by atoms with Gasteiger partial charge in [-0.25, -0.2) is 0 Å². The standard InChI is InChI=1S/C54H75NO3/c1-33(2)10-12-38(39-13-14-40-23-36-8-5-6-9-37(36)24-41(40)25-39)22-35-18-21-52(28-35)32-54-20-7-19-53(29-47(56)46(54)27-50(52)57)45-16-15-44-43(42(45)26-48(53)54)31-55-30-34(3)11-17-49(55)51(44,4)58/h5-6,8-9,13-14,23-25,33-35,38,42-50,56-58H,7,10-12,15-22,26-32H2,1-4H3/t34-,35-,38-,42-,43+,44-,45+,46-,47+,48-,49-,50-,51+,52-,53-,54-/m1/s1. The molecule has 2 saturated heterocycles. The quantitative estimate of drug-likeness (QED) is 0.218. The second kappa shape index (κ2) is 14.0. The molecule has 2 spiro atoms. The first-order chi connectivity index (χ1) is 27.9. The van der Waals surface area contributed by atoms with Gasteiger partial charge in [-0.2, -0.15) is 0 Å². The van der Waals surface area contributed by atoms with Crippen LogP contribution in [0.5, 0.6) is 0 Å². The Kier molecular flexibility index (Phi) is 9.40. The number of fused-ring (bicyclic) bond motifs is 6. The third-order valence-electron chi connectivity index (χ3n) is 20.4. The molecule has 2 heterocycles. The van der Waals surface area contributed by atoms with Crippen LogP contribution in [0, 0.1) is 69.5 Å². The normalized spacial score (nSPS) is 46.4. The van der Waals surface area contributed by atoms with Gasteiger partial charge in [-0.05, 0) is 218 Å². The molecule has 58 heavy (non-hydrogen) atoms. The Morgan fingerprint density at radius 2 is 1.50 bits per heavy atom. The molecule has 8 fully saturated rings. The molecule has 0 aromatic heterocycles. The number of hydrogen-bond acceptors (Lipinski definition) is 4. The van der Waals surface area contributed by atoms with Crippen LogP contribution in [0.2, 0.25) is 0 Å². The molecule has 4 heteroatoms. The highest BCUT2D eigenvalue weighted by Gasteiger charge is 2.74. The minimum atomic E-state index is -0.596. The monoisotopic (exact) mass is 786 g/mol. The summed E-state index contributed by atoms with van der Waals surface area (Å²) in [5, 5.41) is 42.5. The third kappa shape index (κ3) is 5.86. The maximum Gasteiger partial charge on any atom is 0.0805 e. The lowest BCUT2D eigenvalue weighted by atomic mass is 9.38. The number of piperidine rings is 2. The Labute approximate surface area is 349 Å². The van der Waals surface area contributed by atoms with E-state index in [0.29, 0.717) is 53.4 Å². The second-order valence-corrected chi connectivity index (χ2v) is 23.6. The highest BCUT2D eigenvalue weighted by Crippen LogP contribution is 2.78. The van der Waals surface area contributed by atoms with Gasteiger partial charge in [-0.15, -0.1) is 0 Å². The van der Waals surface area contributed by atoms with Crippen molar-refractivity contribution in [2.75, 3.05) is 13.1 Å². The summed E-state index contributed by atoms with van der Waals surface area (Å²) in [5.41, 5.74) is 1.33. The molecule has 6 saturated carbocycles. The number of hydrogen-bond donors (Lipinski definition) is 3. The van der Waals surface area contributed by atoms with Crippen molar-refractivity contribution >= 4 is 21.5 Å². The Balaban J connectivity index is 0.876. The van der Waals surface area contributed by atoms with Gasteiger partial charge in [0.2, 0.25) is 0 Å². The molecule has 3 aromatic carbocycles. The van der Waals surface area contributed by atoms with Crippen molar-refractivity contribution in [3.63, 3.8) is 0 Å². The summed E-state index contributed by atoms with van der Waals surface area (Å²) in [6, 6.07) is 21.2. The minimum absolute atomic E-state index is 0.00578. The summed E-state index contributed by atoms with van der Waals surface area (Å²) in [5.74, 6) is 5.90. The molecular weight excluding hydrogens is 711 g/mol. The van der Waals surface area contributed by atoms with E-state index >= 15 is 0 Å². The van der Waals surface area contributed by atoms with E-state index in [0.717, 1.165) is 38.1 Å². The molecule has 11 rings (SSSR count). The van der Waals surface area contributed by atoms with Gasteiger partial charge in [0, 0.05) is 19.1 Å². The van der Waals surface area contributed by atoms with E-state index in [2.05, 4.69) is 87.2 Å². The van der Waals surface area contributed by atoms with Crippen molar-refractivity contribution in [3.05, 3.63) is 60.2 Å². The fourth-order valence-corrected chi connectivity index (χ4v) is 18.2. The Morgan fingerprint density at radius 1 is 0.741 bits per heavy atom. The first-order valence-electron chi connectivity index (χ1n) is 24.6. The highest BCUT2D eigenvalue weighted by molar-refractivity contribution is 5.98. The van der Waals surface area contributed by atoms with Crippen molar-refractivity contribution in [1.82, 2.24) is 4.90 Å². The van der Waals surface area contributed by atoms with E-state index < -0.39 is 5.60 Å². The van der Waals surface area contributed by atoms with Gasteiger partial charge in [0.15, 0.2) is 0 Å². The van der Waals surface area contributed by atoms with Crippen LogP contribution in [0.4, 0.5) is 0 Å². The van der Waals surface area contributed by atoms with E-state index in [-0.39, 0.29) is 34.4 Å². The van der Waals surface area contributed by atoms with Crippen molar-refractivity contribution in [2.45, 2.75) is 167 Å². The molecule has 2 aliphatic heterocycles. The molecule has 8 aliphatic rings. The van der Waals surface area contributed by atoms with Crippen LogP contribution >= 0.6 is 0 Å². The lowest BCUT2D eigenvalue weighted by Crippen LogP contribution is -2.67. The first kappa shape index (κ1) is 38.9. The Bertz CT molecular complexity index is 2020. The zero-order valence-electron chi connectivity index (χ0n) is 36.4. The fraction of sp³-hybridized carbons (Fsp3) is 0.741. The third-order valence-corrected chi connectivity index (χ3v) is 20.4.